The molecular weight excluding hydrogens is 386 g/mol. The van der Waals surface area contributed by atoms with Gasteiger partial charge in [0, 0.05) is 5.69 Å². The van der Waals surface area contributed by atoms with E-state index in [4.69, 9.17) is 0 Å². The molecule has 1 aliphatic rings. The zero-order chi connectivity index (χ0) is 21.2. The lowest BCUT2D eigenvalue weighted by Crippen LogP contribution is -3.15. The van der Waals surface area contributed by atoms with Crippen molar-refractivity contribution >= 4 is 21.6 Å². The standard InChI is InChI=1S/C22H29N3O3S/c1-16-8-9-20(19(4)14-16)29(27,28)25-12-10-24(11-13-25)15-21(26)23-22-17(2)6-5-7-18(22)3/h5-9,14H,10-13,15H2,1-4H3,(H,23,26)/p+1. The van der Waals surface area contributed by atoms with E-state index in [1.54, 1.807) is 6.07 Å². The Labute approximate surface area is 173 Å². The smallest absolute Gasteiger partial charge is 0.279 e. The summed E-state index contributed by atoms with van der Waals surface area (Å²) in [7, 11) is -3.50. The first-order valence-electron chi connectivity index (χ1n) is 9.95. The third kappa shape index (κ3) is 4.86. The number of hydrogen-bond donors (Lipinski definition) is 2. The molecule has 0 unspecified atom stereocenters. The first-order valence-corrected chi connectivity index (χ1v) is 11.4. The molecule has 29 heavy (non-hydrogen) atoms. The Kier molecular flexibility index (Phi) is 6.41. The summed E-state index contributed by atoms with van der Waals surface area (Å²) in [5.74, 6) is -0.0388. The summed E-state index contributed by atoms with van der Waals surface area (Å²) in [4.78, 5) is 14.0. The van der Waals surface area contributed by atoms with Gasteiger partial charge in [0.2, 0.25) is 10.0 Å². The zero-order valence-electron chi connectivity index (χ0n) is 17.6. The number of anilines is 1. The Morgan fingerprint density at radius 1 is 1.00 bits per heavy atom. The summed E-state index contributed by atoms with van der Waals surface area (Å²) in [6.07, 6.45) is 0. The Morgan fingerprint density at radius 3 is 2.21 bits per heavy atom. The second-order valence-electron chi connectivity index (χ2n) is 7.91. The number of carbonyl (C=O) groups is 1. The lowest BCUT2D eigenvalue weighted by atomic mass is 10.1. The molecule has 1 saturated heterocycles. The van der Waals surface area contributed by atoms with E-state index >= 15 is 0 Å². The number of hydrogen-bond acceptors (Lipinski definition) is 3. The van der Waals surface area contributed by atoms with E-state index < -0.39 is 10.0 Å². The first-order chi connectivity index (χ1) is 13.7. The van der Waals surface area contributed by atoms with Gasteiger partial charge in [-0.1, -0.05) is 35.9 Å². The maximum absolute atomic E-state index is 13.0. The fourth-order valence-corrected chi connectivity index (χ4v) is 5.52. The molecule has 2 aromatic rings. The number of amides is 1. The molecule has 0 spiro atoms. The molecule has 6 nitrogen and oxygen atoms in total. The molecular formula is C22H30N3O3S+. The predicted octanol–water partition coefficient (Wildman–Crippen LogP) is 1.45. The summed E-state index contributed by atoms with van der Waals surface area (Å²) in [6, 6.07) is 11.3. The van der Waals surface area contributed by atoms with Crippen LogP contribution in [0, 0.1) is 27.7 Å². The Balaban J connectivity index is 1.59. The number of nitrogens with zero attached hydrogens (tertiary/aromatic N) is 1. The molecule has 7 heteroatoms. The number of aryl methyl sites for hydroxylation is 4. The van der Waals surface area contributed by atoms with Crippen LogP contribution in [0.15, 0.2) is 41.3 Å². The summed E-state index contributed by atoms with van der Waals surface area (Å²) in [5.41, 5.74) is 4.77. The van der Waals surface area contributed by atoms with E-state index in [1.807, 2.05) is 58.0 Å². The monoisotopic (exact) mass is 416 g/mol. The first kappa shape index (κ1) is 21.5. The van der Waals surface area contributed by atoms with Crippen molar-refractivity contribution < 1.29 is 18.1 Å². The van der Waals surface area contributed by atoms with Crippen molar-refractivity contribution in [3.05, 3.63) is 58.7 Å². The minimum atomic E-state index is -3.50. The van der Waals surface area contributed by atoms with Crippen LogP contribution in [0.25, 0.3) is 0 Å². The average molecular weight is 417 g/mol. The number of piperazine rings is 1. The number of sulfonamides is 1. The maximum Gasteiger partial charge on any atom is 0.279 e. The molecule has 0 aromatic heterocycles. The molecule has 1 aliphatic heterocycles. The summed E-state index contributed by atoms with van der Waals surface area (Å²) < 4.78 is 27.5. The second kappa shape index (κ2) is 8.65. The SMILES string of the molecule is Cc1ccc(S(=O)(=O)N2CC[NH+](CC(=O)Nc3c(C)cccc3C)CC2)c(C)c1. The highest BCUT2D eigenvalue weighted by Crippen LogP contribution is 2.21. The number of para-hydroxylation sites is 1. The molecule has 0 aliphatic carbocycles. The van der Waals surface area contributed by atoms with Gasteiger partial charge < -0.3 is 10.2 Å². The average Bonchev–Trinajstić information content (AvgIpc) is 2.65. The molecule has 3 rings (SSSR count). The van der Waals surface area contributed by atoms with Crippen molar-refractivity contribution in [3.8, 4) is 0 Å². The van der Waals surface area contributed by atoms with E-state index in [2.05, 4.69) is 5.32 Å². The minimum Gasteiger partial charge on any atom is -0.325 e. The van der Waals surface area contributed by atoms with E-state index in [0.717, 1.165) is 32.8 Å². The normalized spacial score (nSPS) is 16.0. The molecule has 0 bridgehead atoms. The summed E-state index contributed by atoms with van der Waals surface area (Å²) in [5, 5.41) is 3.01. The van der Waals surface area contributed by atoms with Gasteiger partial charge in [-0.2, -0.15) is 4.31 Å². The predicted molar refractivity (Wildman–Crippen MR) is 115 cm³/mol. The van der Waals surface area contributed by atoms with E-state index in [1.165, 1.54) is 4.31 Å². The Morgan fingerprint density at radius 2 is 1.62 bits per heavy atom. The lowest BCUT2D eigenvalue weighted by Gasteiger charge is -2.31. The third-order valence-electron chi connectivity index (χ3n) is 5.53. The molecule has 0 atom stereocenters. The van der Waals surface area contributed by atoms with E-state index in [0.29, 0.717) is 37.6 Å². The van der Waals surface area contributed by atoms with Crippen LogP contribution >= 0.6 is 0 Å². The number of benzene rings is 2. The molecule has 1 heterocycles. The summed E-state index contributed by atoms with van der Waals surface area (Å²) >= 11 is 0. The molecule has 156 valence electrons. The molecule has 2 aromatic carbocycles. The van der Waals surface area contributed by atoms with Gasteiger partial charge in [-0.25, -0.2) is 8.42 Å². The van der Waals surface area contributed by atoms with Crippen molar-refractivity contribution in [1.29, 1.82) is 0 Å². The van der Waals surface area contributed by atoms with Crippen LogP contribution in [0.3, 0.4) is 0 Å². The van der Waals surface area contributed by atoms with Crippen LogP contribution in [0.2, 0.25) is 0 Å². The molecule has 0 saturated carbocycles. The largest absolute Gasteiger partial charge is 0.325 e. The maximum atomic E-state index is 13.0. The molecule has 2 N–H and O–H groups in total. The third-order valence-corrected chi connectivity index (χ3v) is 7.59. The lowest BCUT2D eigenvalue weighted by molar-refractivity contribution is -0.895. The fourth-order valence-electron chi connectivity index (χ4n) is 3.87. The van der Waals surface area contributed by atoms with Gasteiger partial charge in [-0.3, -0.25) is 4.79 Å². The number of nitrogens with one attached hydrogen (secondary N) is 2. The van der Waals surface area contributed by atoms with Crippen LogP contribution in [-0.2, 0) is 14.8 Å². The van der Waals surface area contributed by atoms with Gasteiger partial charge in [0.15, 0.2) is 6.54 Å². The highest BCUT2D eigenvalue weighted by atomic mass is 32.2. The van der Waals surface area contributed by atoms with Crippen LogP contribution in [-0.4, -0.2) is 51.4 Å². The van der Waals surface area contributed by atoms with E-state index in [9.17, 15) is 13.2 Å². The van der Waals surface area contributed by atoms with Crippen LogP contribution < -0.4 is 10.2 Å². The zero-order valence-corrected chi connectivity index (χ0v) is 18.4. The quantitative estimate of drug-likeness (QED) is 0.775. The van der Waals surface area contributed by atoms with Gasteiger partial charge >= 0.3 is 0 Å². The Hall–Kier alpha value is -2.22. The van der Waals surface area contributed by atoms with Gasteiger partial charge in [0.25, 0.3) is 5.91 Å². The number of carbonyl (C=O) groups excluding carboxylic acids is 1. The molecule has 1 fully saturated rings. The number of quaternary nitrogens is 1. The van der Waals surface area contributed by atoms with Crippen molar-refractivity contribution in [1.82, 2.24) is 4.31 Å². The van der Waals surface area contributed by atoms with Crippen molar-refractivity contribution in [2.24, 2.45) is 0 Å². The minimum absolute atomic E-state index is 0.0388. The molecule has 0 radical (unpaired) electrons. The highest BCUT2D eigenvalue weighted by molar-refractivity contribution is 7.89. The van der Waals surface area contributed by atoms with Crippen LogP contribution in [0.4, 0.5) is 5.69 Å². The topological polar surface area (TPSA) is 70.9 Å². The molecule has 1 amide bonds. The van der Waals surface area contributed by atoms with Gasteiger partial charge in [-0.05, 0) is 50.5 Å². The van der Waals surface area contributed by atoms with Crippen molar-refractivity contribution in [2.45, 2.75) is 32.6 Å². The van der Waals surface area contributed by atoms with Crippen molar-refractivity contribution in [3.63, 3.8) is 0 Å². The van der Waals surface area contributed by atoms with E-state index in [-0.39, 0.29) is 5.91 Å². The highest BCUT2D eigenvalue weighted by Gasteiger charge is 2.32. The summed E-state index contributed by atoms with van der Waals surface area (Å²) in [6.45, 7) is 10.1. The van der Waals surface area contributed by atoms with Crippen LogP contribution in [0.1, 0.15) is 22.3 Å². The second-order valence-corrected chi connectivity index (χ2v) is 9.82. The van der Waals surface area contributed by atoms with Crippen LogP contribution in [0.5, 0.6) is 0 Å². The Bertz CT molecular complexity index is 990. The van der Waals surface area contributed by atoms with Crippen molar-refractivity contribution in [2.75, 3.05) is 38.0 Å². The fraction of sp³-hybridized carbons (Fsp3) is 0.409. The van der Waals surface area contributed by atoms with Gasteiger partial charge in [0.05, 0.1) is 31.1 Å². The number of rotatable bonds is 5. The van der Waals surface area contributed by atoms with Gasteiger partial charge in [-0.15, -0.1) is 0 Å². The van der Waals surface area contributed by atoms with Gasteiger partial charge in [0.1, 0.15) is 0 Å².